The van der Waals surface area contributed by atoms with E-state index in [0.29, 0.717) is 5.92 Å². The van der Waals surface area contributed by atoms with Gasteiger partial charge < -0.3 is 5.11 Å². The molecule has 2 nitrogen and oxygen atoms in total. The van der Waals surface area contributed by atoms with Crippen molar-refractivity contribution >= 4 is 11.3 Å². The number of aliphatic hydroxyl groups excluding tert-OH is 1. The maximum atomic E-state index is 8.90. The quantitative estimate of drug-likeness (QED) is 0.784. The molecule has 1 N–H and O–H groups in total. The van der Waals surface area contributed by atoms with Crippen molar-refractivity contribution in [1.82, 2.24) is 4.98 Å². The Balaban J connectivity index is 3.00. The second-order valence-corrected chi connectivity index (χ2v) is 4.20. The maximum absolute atomic E-state index is 8.90. The van der Waals surface area contributed by atoms with Gasteiger partial charge in [-0.05, 0) is 12.3 Å². The van der Waals surface area contributed by atoms with Gasteiger partial charge in [0, 0.05) is 4.88 Å². The SMILES string of the molecule is CCc1nc(CO)sc1C(C)C. The summed E-state index contributed by atoms with van der Waals surface area (Å²) in [5.41, 5.74) is 1.15. The first-order valence-electron chi connectivity index (χ1n) is 4.28. The van der Waals surface area contributed by atoms with Gasteiger partial charge in [0.2, 0.25) is 0 Å². The molecule has 0 bridgehead atoms. The molecule has 0 aliphatic rings. The van der Waals surface area contributed by atoms with Crippen LogP contribution >= 0.6 is 11.3 Å². The molecule has 1 aromatic rings. The van der Waals surface area contributed by atoms with Gasteiger partial charge in [-0.3, -0.25) is 0 Å². The van der Waals surface area contributed by atoms with Crippen molar-refractivity contribution in [1.29, 1.82) is 0 Å². The number of hydrogen-bond donors (Lipinski definition) is 1. The van der Waals surface area contributed by atoms with Gasteiger partial charge in [-0.1, -0.05) is 20.8 Å². The van der Waals surface area contributed by atoms with E-state index in [-0.39, 0.29) is 6.61 Å². The van der Waals surface area contributed by atoms with E-state index >= 15 is 0 Å². The lowest BCUT2D eigenvalue weighted by molar-refractivity contribution is 0.281. The first-order valence-corrected chi connectivity index (χ1v) is 5.10. The predicted octanol–water partition coefficient (Wildman–Crippen LogP) is 2.32. The molecule has 0 unspecified atom stereocenters. The fourth-order valence-corrected chi connectivity index (χ4v) is 2.20. The van der Waals surface area contributed by atoms with Gasteiger partial charge in [0.05, 0.1) is 12.3 Å². The molecule has 1 heterocycles. The van der Waals surface area contributed by atoms with E-state index < -0.39 is 0 Å². The Kier molecular flexibility index (Phi) is 3.23. The Labute approximate surface area is 77.3 Å². The van der Waals surface area contributed by atoms with Crippen LogP contribution in [-0.4, -0.2) is 10.1 Å². The molecular weight excluding hydrogens is 170 g/mol. The Morgan fingerprint density at radius 1 is 1.50 bits per heavy atom. The van der Waals surface area contributed by atoms with Crippen LogP contribution < -0.4 is 0 Å². The lowest BCUT2D eigenvalue weighted by Gasteiger charge is -2.01. The van der Waals surface area contributed by atoms with Crippen LogP contribution in [0.15, 0.2) is 0 Å². The van der Waals surface area contributed by atoms with Gasteiger partial charge in [-0.25, -0.2) is 4.98 Å². The maximum Gasteiger partial charge on any atom is 0.119 e. The van der Waals surface area contributed by atoms with E-state index in [1.807, 2.05) is 0 Å². The third kappa shape index (κ3) is 1.84. The minimum atomic E-state index is 0.0738. The molecule has 12 heavy (non-hydrogen) atoms. The molecule has 0 saturated carbocycles. The number of hydrogen-bond acceptors (Lipinski definition) is 3. The number of nitrogens with zero attached hydrogens (tertiary/aromatic N) is 1. The van der Waals surface area contributed by atoms with Crippen LogP contribution in [0.25, 0.3) is 0 Å². The lowest BCUT2D eigenvalue weighted by atomic mass is 10.1. The number of aliphatic hydroxyl groups is 1. The van der Waals surface area contributed by atoms with Crippen molar-refractivity contribution in [2.75, 3.05) is 0 Å². The van der Waals surface area contributed by atoms with E-state index in [2.05, 4.69) is 25.8 Å². The summed E-state index contributed by atoms with van der Waals surface area (Å²) < 4.78 is 0. The van der Waals surface area contributed by atoms with Gasteiger partial charge in [-0.15, -0.1) is 11.3 Å². The van der Waals surface area contributed by atoms with Crippen LogP contribution in [0, 0.1) is 0 Å². The van der Waals surface area contributed by atoms with E-state index in [0.717, 1.165) is 17.1 Å². The largest absolute Gasteiger partial charge is 0.389 e. The van der Waals surface area contributed by atoms with Gasteiger partial charge in [0.15, 0.2) is 0 Å². The first-order chi connectivity index (χ1) is 5.69. The van der Waals surface area contributed by atoms with E-state index in [1.54, 1.807) is 11.3 Å². The van der Waals surface area contributed by atoms with Gasteiger partial charge in [0.1, 0.15) is 5.01 Å². The Bertz CT molecular complexity index is 255. The minimum absolute atomic E-state index is 0.0738. The molecule has 68 valence electrons. The molecule has 0 aliphatic heterocycles. The molecule has 0 spiro atoms. The zero-order chi connectivity index (χ0) is 9.14. The van der Waals surface area contributed by atoms with Gasteiger partial charge >= 0.3 is 0 Å². The molecule has 0 atom stereocenters. The van der Waals surface area contributed by atoms with Crippen molar-refractivity contribution in [3.8, 4) is 0 Å². The topological polar surface area (TPSA) is 33.1 Å². The van der Waals surface area contributed by atoms with Crippen molar-refractivity contribution in [3.63, 3.8) is 0 Å². The van der Waals surface area contributed by atoms with Crippen LogP contribution in [0.4, 0.5) is 0 Å². The van der Waals surface area contributed by atoms with Crippen LogP contribution in [0.1, 0.15) is 42.3 Å². The van der Waals surface area contributed by atoms with E-state index in [4.69, 9.17) is 5.11 Å². The normalized spacial score (nSPS) is 11.1. The summed E-state index contributed by atoms with van der Waals surface area (Å²) in [4.78, 5) is 5.66. The highest BCUT2D eigenvalue weighted by Crippen LogP contribution is 2.26. The monoisotopic (exact) mass is 185 g/mol. The Hall–Kier alpha value is -0.410. The molecule has 1 rings (SSSR count). The smallest absolute Gasteiger partial charge is 0.119 e. The molecular formula is C9H15NOS. The first kappa shape index (κ1) is 9.68. The highest BCUT2D eigenvalue weighted by atomic mass is 32.1. The van der Waals surface area contributed by atoms with E-state index in [9.17, 15) is 0 Å². The zero-order valence-electron chi connectivity index (χ0n) is 7.79. The van der Waals surface area contributed by atoms with Gasteiger partial charge in [-0.2, -0.15) is 0 Å². The zero-order valence-corrected chi connectivity index (χ0v) is 8.61. The molecule has 0 aliphatic carbocycles. The van der Waals surface area contributed by atoms with Crippen LogP contribution in [-0.2, 0) is 13.0 Å². The summed E-state index contributed by atoms with van der Waals surface area (Å²) in [5, 5.41) is 9.74. The van der Waals surface area contributed by atoms with Crippen molar-refractivity contribution < 1.29 is 5.11 Å². The molecule has 0 saturated heterocycles. The summed E-state index contributed by atoms with van der Waals surface area (Å²) in [7, 11) is 0. The summed E-state index contributed by atoms with van der Waals surface area (Å²) in [6.07, 6.45) is 0.962. The third-order valence-electron chi connectivity index (χ3n) is 1.77. The summed E-state index contributed by atoms with van der Waals surface area (Å²) >= 11 is 1.63. The summed E-state index contributed by atoms with van der Waals surface area (Å²) in [6.45, 7) is 6.49. The number of aryl methyl sites for hydroxylation is 1. The number of thiazole rings is 1. The Morgan fingerprint density at radius 2 is 2.17 bits per heavy atom. The average molecular weight is 185 g/mol. The summed E-state index contributed by atoms with van der Waals surface area (Å²) in [5.74, 6) is 0.526. The highest BCUT2D eigenvalue weighted by molar-refractivity contribution is 7.11. The minimum Gasteiger partial charge on any atom is -0.389 e. The molecule has 0 aromatic carbocycles. The van der Waals surface area contributed by atoms with Crippen LogP contribution in [0.5, 0.6) is 0 Å². The lowest BCUT2D eigenvalue weighted by Crippen LogP contribution is -1.90. The molecule has 3 heteroatoms. The fraction of sp³-hybridized carbons (Fsp3) is 0.667. The van der Waals surface area contributed by atoms with Crippen LogP contribution in [0.2, 0.25) is 0 Å². The fourth-order valence-electron chi connectivity index (χ4n) is 1.19. The summed E-state index contributed by atoms with van der Waals surface area (Å²) in [6, 6.07) is 0. The van der Waals surface area contributed by atoms with E-state index in [1.165, 1.54) is 4.88 Å². The third-order valence-corrected chi connectivity index (χ3v) is 3.15. The second-order valence-electron chi connectivity index (χ2n) is 3.08. The van der Waals surface area contributed by atoms with Gasteiger partial charge in [0.25, 0.3) is 0 Å². The highest BCUT2D eigenvalue weighted by Gasteiger charge is 2.11. The van der Waals surface area contributed by atoms with Crippen LogP contribution in [0.3, 0.4) is 0 Å². The average Bonchev–Trinajstić information content (AvgIpc) is 2.47. The van der Waals surface area contributed by atoms with Crippen molar-refractivity contribution in [2.24, 2.45) is 0 Å². The van der Waals surface area contributed by atoms with Crippen molar-refractivity contribution in [3.05, 3.63) is 15.6 Å². The predicted molar refractivity (Wildman–Crippen MR) is 51.5 cm³/mol. The molecule has 0 radical (unpaired) electrons. The molecule has 0 amide bonds. The van der Waals surface area contributed by atoms with Crippen molar-refractivity contribution in [2.45, 2.75) is 39.7 Å². The molecule has 0 fully saturated rings. The number of rotatable bonds is 3. The number of aromatic nitrogens is 1. The standard InChI is InChI=1S/C9H15NOS/c1-4-7-9(6(2)3)12-8(5-11)10-7/h6,11H,4-5H2,1-3H3. The molecule has 1 aromatic heterocycles. The second kappa shape index (κ2) is 4.01. The Morgan fingerprint density at radius 3 is 2.50 bits per heavy atom.